The van der Waals surface area contributed by atoms with E-state index in [0.717, 1.165) is 17.6 Å². The highest BCUT2D eigenvalue weighted by Crippen LogP contribution is 2.23. The lowest BCUT2D eigenvalue weighted by Crippen LogP contribution is -2.35. The van der Waals surface area contributed by atoms with Gasteiger partial charge in [0.2, 0.25) is 0 Å². The number of halogens is 3. The van der Waals surface area contributed by atoms with Crippen LogP contribution in [0.15, 0.2) is 24.3 Å². The smallest absolute Gasteiger partial charge is 0.478 e. The molecule has 0 bridgehead atoms. The topological polar surface area (TPSA) is 110 Å². The number of rotatable bonds is 4. The first-order chi connectivity index (χ1) is 9.06. The second-order valence-electron chi connectivity index (χ2n) is 3.27. The lowest BCUT2D eigenvalue weighted by atomic mass is 10.1. The number of nitrogens with one attached hydrogen (secondary N) is 1. The molecule has 1 amide bonds. The third-order valence-corrected chi connectivity index (χ3v) is 2.80. The summed E-state index contributed by atoms with van der Waals surface area (Å²) in [6.45, 7) is 0. The van der Waals surface area contributed by atoms with Crippen LogP contribution >= 0.6 is 0 Å². The summed E-state index contributed by atoms with van der Waals surface area (Å²) in [5.74, 6) is -2.97. The van der Waals surface area contributed by atoms with E-state index < -0.39 is 38.6 Å². The number of carbonyl (C=O) groups excluding carboxylic acids is 1. The first-order valence-electron chi connectivity index (χ1n) is 4.68. The van der Waals surface area contributed by atoms with E-state index in [1.165, 1.54) is 12.1 Å². The number of aromatic carboxylic acids is 1. The van der Waals surface area contributed by atoms with E-state index in [0.29, 0.717) is 0 Å². The molecule has 110 valence electrons. The van der Waals surface area contributed by atoms with Gasteiger partial charge in [0.15, 0.2) is 0 Å². The van der Waals surface area contributed by atoms with E-state index >= 15 is 0 Å². The summed E-state index contributed by atoms with van der Waals surface area (Å²) in [5, 5.41) is 8.75. The van der Waals surface area contributed by atoms with Gasteiger partial charge in [0.05, 0.1) is 11.1 Å². The molecular formula is C9H6F3NO6S. The number of hydroxylamine groups is 1. The summed E-state index contributed by atoms with van der Waals surface area (Å²) in [4.78, 5) is 22.2. The van der Waals surface area contributed by atoms with E-state index in [4.69, 9.17) is 5.11 Å². The van der Waals surface area contributed by atoms with Gasteiger partial charge in [0.25, 0.3) is 5.91 Å². The zero-order chi connectivity index (χ0) is 15.6. The lowest BCUT2D eigenvalue weighted by molar-refractivity contribution is -0.0571. The molecule has 11 heteroatoms. The lowest BCUT2D eigenvalue weighted by Gasteiger charge is -2.09. The van der Waals surface area contributed by atoms with Gasteiger partial charge in [-0.3, -0.25) is 4.79 Å². The number of amides is 1. The van der Waals surface area contributed by atoms with Gasteiger partial charge in [-0.25, -0.2) is 10.3 Å². The molecule has 0 aliphatic rings. The zero-order valence-corrected chi connectivity index (χ0v) is 10.2. The van der Waals surface area contributed by atoms with E-state index in [1.807, 2.05) is 0 Å². The summed E-state index contributed by atoms with van der Waals surface area (Å²) in [7, 11) is -6.01. The fourth-order valence-electron chi connectivity index (χ4n) is 1.06. The van der Waals surface area contributed by atoms with Crippen molar-refractivity contribution in [2.24, 2.45) is 0 Å². The summed E-state index contributed by atoms with van der Waals surface area (Å²) in [6, 6.07) is 4.49. The Morgan fingerprint density at radius 3 is 2.10 bits per heavy atom. The third kappa shape index (κ3) is 3.45. The second-order valence-corrected chi connectivity index (χ2v) is 4.80. The van der Waals surface area contributed by atoms with Gasteiger partial charge in [0, 0.05) is 0 Å². The summed E-state index contributed by atoms with van der Waals surface area (Å²) in [5.41, 5.74) is -5.77. The van der Waals surface area contributed by atoms with Crippen LogP contribution in [-0.2, 0) is 14.4 Å². The SMILES string of the molecule is O=C(O)c1ccccc1C(=O)NOS(=O)(=O)C(F)(F)F. The van der Waals surface area contributed by atoms with Gasteiger partial charge in [-0.15, -0.1) is 4.28 Å². The molecule has 0 atom stereocenters. The van der Waals surface area contributed by atoms with Gasteiger partial charge >= 0.3 is 21.6 Å². The predicted octanol–water partition coefficient (Wildman–Crippen LogP) is 0.896. The van der Waals surface area contributed by atoms with Crippen molar-refractivity contribution in [3.05, 3.63) is 35.4 Å². The van der Waals surface area contributed by atoms with Crippen molar-refractivity contribution in [2.75, 3.05) is 0 Å². The van der Waals surface area contributed by atoms with E-state index in [9.17, 15) is 31.2 Å². The van der Waals surface area contributed by atoms with Crippen LogP contribution in [0.1, 0.15) is 20.7 Å². The first-order valence-corrected chi connectivity index (χ1v) is 6.09. The monoisotopic (exact) mass is 313 g/mol. The Labute approximate surface area is 110 Å². The Hall–Kier alpha value is -2.14. The van der Waals surface area contributed by atoms with Crippen LogP contribution in [0.4, 0.5) is 13.2 Å². The Morgan fingerprint density at radius 1 is 1.15 bits per heavy atom. The fraction of sp³-hybridized carbons (Fsp3) is 0.111. The van der Waals surface area contributed by atoms with Crippen molar-refractivity contribution in [3.8, 4) is 0 Å². The number of hydrogen-bond donors (Lipinski definition) is 2. The molecule has 2 N–H and O–H groups in total. The van der Waals surface area contributed by atoms with E-state index in [-0.39, 0.29) is 0 Å². The predicted molar refractivity (Wildman–Crippen MR) is 56.9 cm³/mol. The molecule has 0 saturated heterocycles. The van der Waals surface area contributed by atoms with Gasteiger partial charge < -0.3 is 5.11 Å². The normalized spacial score (nSPS) is 11.9. The molecule has 0 fully saturated rings. The molecule has 7 nitrogen and oxygen atoms in total. The van der Waals surface area contributed by atoms with Crippen molar-refractivity contribution < 1.29 is 40.6 Å². The van der Waals surface area contributed by atoms with Crippen molar-refractivity contribution >= 4 is 22.0 Å². The van der Waals surface area contributed by atoms with E-state index in [2.05, 4.69) is 4.28 Å². The minimum Gasteiger partial charge on any atom is -0.478 e. The highest BCUT2D eigenvalue weighted by molar-refractivity contribution is 7.87. The molecule has 0 radical (unpaired) electrons. The zero-order valence-electron chi connectivity index (χ0n) is 9.34. The molecule has 0 aromatic heterocycles. The number of benzene rings is 1. The molecule has 20 heavy (non-hydrogen) atoms. The summed E-state index contributed by atoms with van der Waals surface area (Å²) in [6.07, 6.45) is 0. The van der Waals surface area contributed by atoms with Crippen LogP contribution < -0.4 is 5.48 Å². The molecule has 0 aliphatic carbocycles. The van der Waals surface area contributed by atoms with Crippen molar-refractivity contribution in [1.29, 1.82) is 0 Å². The van der Waals surface area contributed by atoms with Gasteiger partial charge in [-0.05, 0) is 12.1 Å². The van der Waals surface area contributed by atoms with Crippen molar-refractivity contribution in [2.45, 2.75) is 5.51 Å². The van der Waals surface area contributed by atoms with Crippen molar-refractivity contribution in [3.63, 3.8) is 0 Å². The van der Waals surface area contributed by atoms with Gasteiger partial charge in [-0.2, -0.15) is 21.6 Å². The molecule has 0 unspecified atom stereocenters. The minimum atomic E-state index is -6.01. The van der Waals surface area contributed by atoms with E-state index in [1.54, 1.807) is 0 Å². The summed E-state index contributed by atoms with van der Waals surface area (Å²) < 4.78 is 60.2. The van der Waals surface area contributed by atoms with Gasteiger partial charge in [0.1, 0.15) is 0 Å². The average Bonchev–Trinajstić information content (AvgIpc) is 2.34. The molecule has 0 spiro atoms. The Balaban J connectivity index is 2.92. The fourth-order valence-corrected chi connectivity index (χ4v) is 1.34. The molecule has 1 aromatic carbocycles. The van der Waals surface area contributed by atoms with Crippen LogP contribution in [0.25, 0.3) is 0 Å². The highest BCUT2D eigenvalue weighted by Gasteiger charge is 2.48. The average molecular weight is 313 g/mol. The quantitative estimate of drug-likeness (QED) is 0.631. The van der Waals surface area contributed by atoms with Crippen LogP contribution in [0, 0.1) is 0 Å². The molecular weight excluding hydrogens is 307 g/mol. The standard InChI is InChI=1S/C9H6F3NO6S/c10-9(11,12)20(17,18)19-13-7(14)5-3-1-2-4-6(5)8(15)16/h1-4H,(H,13,14)(H,15,16). The van der Waals surface area contributed by atoms with Crippen molar-refractivity contribution in [1.82, 2.24) is 5.48 Å². The Kier molecular flexibility index (Phi) is 4.35. The first kappa shape index (κ1) is 15.9. The Bertz CT molecular complexity index is 639. The largest absolute Gasteiger partial charge is 0.525 e. The minimum absolute atomic E-state index is 0.530. The number of alkyl halides is 3. The maximum absolute atomic E-state index is 11.9. The summed E-state index contributed by atoms with van der Waals surface area (Å²) >= 11 is 0. The van der Waals surface area contributed by atoms with Crippen LogP contribution in [0.2, 0.25) is 0 Å². The number of hydrogen-bond acceptors (Lipinski definition) is 5. The molecule has 0 heterocycles. The highest BCUT2D eigenvalue weighted by atomic mass is 32.2. The van der Waals surface area contributed by atoms with Gasteiger partial charge in [-0.1, -0.05) is 12.1 Å². The number of carbonyl (C=O) groups is 2. The number of carboxylic acid groups (broad SMARTS) is 1. The van der Waals surface area contributed by atoms with Crippen LogP contribution in [0.5, 0.6) is 0 Å². The maximum atomic E-state index is 11.9. The number of carboxylic acids is 1. The molecule has 1 aromatic rings. The Morgan fingerprint density at radius 2 is 1.65 bits per heavy atom. The molecule has 0 aliphatic heterocycles. The maximum Gasteiger partial charge on any atom is 0.525 e. The molecule has 0 saturated carbocycles. The van der Waals surface area contributed by atoms with Crippen LogP contribution in [-0.4, -0.2) is 30.9 Å². The third-order valence-electron chi connectivity index (χ3n) is 1.93. The molecule has 1 rings (SSSR count). The van der Waals surface area contributed by atoms with Crippen LogP contribution in [0.3, 0.4) is 0 Å². The second kappa shape index (κ2) is 5.46.